The Morgan fingerprint density at radius 2 is 1.67 bits per heavy atom. The van der Waals surface area contributed by atoms with Crippen LogP contribution in [0.2, 0.25) is 0 Å². The van der Waals surface area contributed by atoms with E-state index in [4.69, 9.17) is 9.47 Å². The summed E-state index contributed by atoms with van der Waals surface area (Å²) in [5, 5.41) is 0. The summed E-state index contributed by atoms with van der Waals surface area (Å²) in [4.78, 5) is 23.2. The third-order valence-corrected chi connectivity index (χ3v) is 8.05. The predicted molar refractivity (Wildman–Crippen MR) is 106 cm³/mol. The molecule has 8 nitrogen and oxygen atoms in total. The minimum Gasteiger partial charge on any atom is -0.447 e. The second-order valence-corrected chi connectivity index (χ2v) is 10.7. The minimum atomic E-state index is -3.55. The summed E-state index contributed by atoms with van der Waals surface area (Å²) in [7, 11) is -3.55. The number of carbonyl (C=O) groups excluding carboxylic acids is 2. The summed E-state index contributed by atoms with van der Waals surface area (Å²) < 4.78 is 34.2. The van der Waals surface area contributed by atoms with E-state index < -0.39 is 22.0 Å². The van der Waals surface area contributed by atoms with Gasteiger partial charge in [-0.2, -0.15) is 0 Å². The fourth-order valence-electron chi connectivity index (χ4n) is 2.06. The fourth-order valence-corrected chi connectivity index (χ4v) is 5.77. The molecule has 1 aromatic rings. The summed E-state index contributed by atoms with van der Waals surface area (Å²) in [6, 6.07) is 6.40. The number of hydrazine groups is 1. The molecule has 27 heavy (non-hydrogen) atoms. The molecule has 0 bridgehead atoms. The summed E-state index contributed by atoms with van der Waals surface area (Å²) in [5.41, 5.74) is 5.01. The average Bonchev–Trinajstić information content (AvgIpc) is 2.66. The monoisotopic (exact) mass is 434 g/mol. The predicted octanol–water partition coefficient (Wildman–Crippen LogP) is 2.33. The van der Waals surface area contributed by atoms with Gasteiger partial charge >= 0.3 is 12.2 Å². The molecule has 2 rings (SSSR count). The maximum absolute atomic E-state index is 12.1. The van der Waals surface area contributed by atoms with E-state index in [-0.39, 0.29) is 28.4 Å². The molecular weight excluding hydrogens is 412 g/mol. The van der Waals surface area contributed by atoms with Gasteiger partial charge in [0.05, 0.1) is 15.2 Å². The maximum Gasteiger partial charge on any atom is 0.426 e. The first kappa shape index (κ1) is 21.7. The molecule has 1 heterocycles. The van der Waals surface area contributed by atoms with Crippen molar-refractivity contribution in [3.63, 3.8) is 0 Å². The fraction of sp³-hybridized carbons (Fsp3) is 0.500. The largest absolute Gasteiger partial charge is 0.447 e. The maximum atomic E-state index is 12.1. The van der Waals surface area contributed by atoms with Gasteiger partial charge in [-0.1, -0.05) is 17.7 Å². The van der Waals surface area contributed by atoms with Crippen LogP contribution in [0.3, 0.4) is 0 Å². The van der Waals surface area contributed by atoms with Crippen molar-refractivity contribution in [2.75, 3.05) is 30.5 Å². The number of thioether (sulfide) groups is 2. The second kappa shape index (κ2) is 10.7. The molecule has 0 atom stereocenters. The Morgan fingerprint density at radius 3 is 2.30 bits per heavy atom. The van der Waals surface area contributed by atoms with Crippen LogP contribution in [-0.4, -0.2) is 55.7 Å². The molecule has 0 unspecified atom stereocenters. The lowest BCUT2D eigenvalue weighted by molar-refractivity contribution is 0.129. The molecule has 0 spiro atoms. The number of sulfone groups is 1. The SMILES string of the molecule is Cc1ccc(S(=O)(=O)CCOC(=O)NNC(=O)OCC2SCCCS2)cc1. The first-order chi connectivity index (χ1) is 12.9. The molecule has 2 amide bonds. The highest BCUT2D eigenvalue weighted by atomic mass is 32.2. The van der Waals surface area contributed by atoms with Gasteiger partial charge in [-0.15, -0.1) is 23.5 Å². The van der Waals surface area contributed by atoms with Crippen LogP contribution in [0, 0.1) is 6.92 Å². The van der Waals surface area contributed by atoms with Crippen LogP contribution in [0.4, 0.5) is 9.59 Å². The minimum absolute atomic E-state index is 0.164. The molecule has 0 radical (unpaired) electrons. The van der Waals surface area contributed by atoms with Gasteiger partial charge in [0.15, 0.2) is 9.84 Å². The molecule has 150 valence electrons. The van der Waals surface area contributed by atoms with Gasteiger partial charge in [-0.25, -0.2) is 28.9 Å². The molecule has 0 saturated carbocycles. The number of amides is 2. The van der Waals surface area contributed by atoms with Crippen molar-refractivity contribution in [2.45, 2.75) is 22.8 Å². The van der Waals surface area contributed by atoms with Crippen molar-refractivity contribution in [3.8, 4) is 0 Å². The Bertz CT molecular complexity index is 733. The van der Waals surface area contributed by atoms with Crippen molar-refractivity contribution in [2.24, 2.45) is 0 Å². The van der Waals surface area contributed by atoms with Crippen molar-refractivity contribution >= 4 is 45.5 Å². The first-order valence-electron chi connectivity index (χ1n) is 8.25. The zero-order valence-electron chi connectivity index (χ0n) is 14.8. The Labute approximate surface area is 167 Å². The van der Waals surface area contributed by atoms with E-state index in [1.165, 1.54) is 12.1 Å². The lowest BCUT2D eigenvalue weighted by Gasteiger charge is -2.20. The quantitative estimate of drug-likeness (QED) is 0.657. The molecule has 0 aliphatic carbocycles. The molecule has 1 aromatic carbocycles. The van der Waals surface area contributed by atoms with Crippen LogP contribution in [-0.2, 0) is 19.3 Å². The van der Waals surface area contributed by atoms with Gasteiger partial charge < -0.3 is 9.47 Å². The molecule has 1 aliphatic rings. The number of hydrogen-bond acceptors (Lipinski definition) is 8. The molecule has 11 heteroatoms. The van der Waals surface area contributed by atoms with E-state index in [1.54, 1.807) is 35.7 Å². The summed E-state index contributed by atoms with van der Waals surface area (Å²) in [5.74, 6) is 1.72. The lowest BCUT2D eigenvalue weighted by atomic mass is 10.2. The van der Waals surface area contributed by atoms with Gasteiger partial charge in [0.2, 0.25) is 0 Å². The Balaban J connectivity index is 1.62. The van der Waals surface area contributed by atoms with Gasteiger partial charge in [-0.05, 0) is 37.0 Å². The Morgan fingerprint density at radius 1 is 1.07 bits per heavy atom. The summed E-state index contributed by atoms with van der Waals surface area (Å²) in [6.07, 6.45) is -0.621. The molecule has 0 aromatic heterocycles. The second-order valence-electron chi connectivity index (χ2n) is 5.64. The third kappa shape index (κ3) is 7.89. The van der Waals surface area contributed by atoms with Crippen molar-refractivity contribution in [1.82, 2.24) is 10.9 Å². The third-order valence-electron chi connectivity index (χ3n) is 3.48. The van der Waals surface area contributed by atoms with Crippen molar-refractivity contribution in [1.29, 1.82) is 0 Å². The van der Waals surface area contributed by atoms with Gasteiger partial charge in [-0.3, -0.25) is 0 Å². The number of carbonyl (C=O) groups is 2. The summed E-state index contributed by atoms with van der Waals surface area (Å²) >= 11 is 3.46. The van der Waals surface area contributed by atoms with Crippen LogP contribution < -0.4 is 10.9 Å². The molecule has 1 aliphatic heterocycles. The zero-order chi connectivity index (χ0) is 19.7. The number of ether oxygens (including phenoxy) is 2. The van der Waals surface area contributed by atoms with E-state index in [0.29, 0.717) is 0 Å². The van der Waals surface area contributed by atoms with Crippen LogP contribution in [0.5, 0.6) is 0 Å². The van der Waals surface area contributed by atoms with E-state index in [1.807, 2.05) is 12.3 Å². The van der Waals surface area contributed by atoms with E-state index in [9.17, 15) is 18.0 Å². The van der Waals surface area contributed by atoms with Crippen LogP contribution >= 0.6 is 23.5 Å². The van der Waals surface area contributed by atoms with Crippen LogP contribution in [0.1, 0.15) is 12.0 Å². The lowest BCUT2D eigenvalue weighted by Crippen LogP contribution is -2.43. The van der Waals surface area contributed by atoms with Gasteiger partial charge in [0.1, 0.15) is 13.2 Å². The zero-order valence-corrected chi connectivity index (χ0v) is 17.3. The topological polar surface area (TPSA) is 111 Å². The van der Waals surface area contributed by atoms with E-state index in [0.717, 1.165) is 23.5 Å². The smallest absolute Gasteiger partial charge is 0.426 e. The van der Waals surface area contributed by atoms with Gasteiger partial charge in [0, 0.05) is 0 Å². The molecule has 1 fully saturated rings. The number of benzene rings is 1. The van der Waals surface area contributed by atoms with E-state index in [2.05, 4.69) is 5.43 Å². The number of rotatable bonds is 6. The van der Waals surface area contributed by atoms with Gasteiger partial charge in [0.25, 0.3) is 0 Å². The normalized spacial score (nSPS) is 15.0. The first-order valence-corrected chi connectivity index (χ1v) is 12.0. The molecule has 1 saturated heterocycles. The Kier molecular flexibility index (Phi) is 8.58. The molecular formula is C16H22N2O6S3. The van der Waals surface area contributed by atoms with E-state index >= 15 is 0 Å². The van der Waals surface area contributed by atoms with Crippen molar-refractivity contribution < 1.29 is 27.5 Å². The standard InChI is InChI=1S/C16H22N2O6S3/c1-12-3-5-13(6-4-12)27(21,22)10-7-23-15(19)17-18-16(20)24-11-14-25-8-2-9-26-14/h3-6,14H,2,7-11H2,1H3,(H,17,19)(H,18,20). The van der Waals surface area contributed by atoms with Crippen molar-refractivity contribution in [3.05, 3.63) is 29.8 Å². The highest BCUT2D eigenvalue weighted by Gasteiger charge is 2.17. The highest BCUT2D eigenvalue weighted by Crippen LogP contribution is 2.30. The van der Waals surface area contributed by atoms with Crippen LogP contribution in [0.15, 0.2) is 29.2 Å². The number of hydrogen-bond donors (Lipinski definition) is 2. The number of aryl methyl sites for hydroxylation is 1. The average molecular weight is 435 g/mol. The Hall–Kier alpha value is -1.59. The van der Waals surface area contributed by atoms with Crippen LogP contribution in [0.25, 0.3) is 0 Å². The summed E-state index contributed by atoms with van der Waals surface area (Å²) in [6.45, 7) is 1.76. The highest BCUT2D eigenvalue weighted by molar-refractivity contribution is 8.17. The number of nitrogens with one attached hydrogen (secondary N) is 2. The molecule has 2 N–H and O–H groups in total.